The van der Waals surface area contributed by atoms with Crippen LogP contribution in [0.25, 0.3) is 0 Å². The van der Waals surface area contributed by atoms with Gasteiger partial charge in [0.1, 0.15) is 5.54 Å². The van der Waals surface area contributed by atoms with Crippen LogP contribution in [0.3, 0.4) is 0 Å². The van der Waals surface area contributed by atoms with E-state index in [9.17, 15) is 13.6 Å². The zero-order chi connectivity index (χ0) is 20.0. The normalized spacial score (nSPS) is 23.3. The fourth-order valence-corrected chi connectivity index (χ4v) is 3.94. The summed E-state index contributed by atoms with van der Waals surface area (Å²) >= 11 is 2.20. The maximum absolute atomic E-state index is 13.6. The van der Waals surface area contributed by atoms with Crippen LogP contribution >= 0.6 is 22.6 Å². The molecule has 0 bridgehead atoms. The van der Waals surface area contributed by atoms with E-state index in [1.807, 2.05) is 31.2 Å². The molecule has 2 aromatic carbocycles. The molecule has 7 heteroatoms. The summed E-state index contributed by atoms with van der Waals surface area (Å²) in [6, 6.07) is 13.6. The largest absolute Gasteiger partial charge is 0.369 e. The van der Waals surface area contributed by atoms with Crippen LogP contribution in [0.5, 0.6) is 0 Å². The average molecular weight is 483 g/mol. The van der Waals surface area contributed by atoms with Gasteiger partial charge in [0.15, 0.2) is 5.96 Å². The van der Waals surface area contributed by atoms with Gasteiger partial charge < -0.3 is 5.73 Å². The van der Waals surface area contributed by atoms with E-state index in [2.05, 4.69) is 27.6 Å². The number of rotatable bonds is 3. The molecule has 0 radical (unpaired) electrons. The van der Waals surface area contributed by atoms with Crippen molar-refractivity contribution in [1.29, 1.82) is 0 Å². The Bertz CT molecular complexity index is 908. The molecule has 1 heterocycles. The molecule has 142 valence electrons. The fourth-order valence-electron chi connectivity index (χ4n) is 3.39. The number of carbonyl (C=O) groups is 1. The Morgan fingerprint density at radius 3 is 2.41 bits per heavy atom. The molecule has 2 N–H and O–H groups in total. The highest BCUT2D eigenvalue weighted by Gasteiger charge is 2.47. The Morgan fingerprint density at radius 2 is 1.85 bits per heavy atom. The van der Waals surface area contributed by atoms with Gasteiger partial charge in [-0.2, -0.15) is 0 Å². The molecule has 0 spiro atoms. The molecular weight excluding hydrogens is 463 g/mol. The molecule has 0 aromatic heterocycles. The standard InChI is InChI=1S/C20H20F2IN3O/c1-19(14-5-4-6-15(23)11-14)16(17(27)26(3)18(24)25-19)12-7-9-13(10-8-12)20(2,21)22/h4-11,16H,1-3H3,(H2,24,25)/t16-,19-/m1/s1. The molecule has 3 rings (SSSR count). The highest BCUT2D eigenvalue weighted by molar-refractivity contribution is 14.1. The predicted molar refractivity (Wildman–Crippen MR) is 110 cm³/mol. The first-order valence-corrected chi connectivity index (χ1v) is 9.49. The van der Waals surface area contributed by atoms with Crippen molar-refractivity contribution >= 4 is 34.5 Å². The SMILES string of the molecule is CN1C(=O)[C@@H](c2ccc(C(C)(F)F)cc2)[C@@](C)(c2cccc(I)c2)N=C1N. The Morgan fingerprint density at radius 1 is 1.22 bits per heavy atom. The lowest BCUT2D eigenvalue weighted by Gasteiger charge is -2.41. The van der Waals surface area contributed by atoms with Gasteiger partial charge in [0, 0.05) is 23.1 Å². The number of benzene rings is 2. The van der Waals surface area contributed by atoms with Gasteiger partial charge in [-0.3, -0.25) is 9.69 Å². The van der Waals surface area contributed by atoms with Crippen LogP contribution in [0, 0.1) is 3.57 Å². The lowest BCUT2D eigenvalue weighted by molar-refractivity contribution is -0.130. The molecule has 1 amide bonds. The number of nitrogens with two attached hydrogens (primary N) is 1. The van der Waals surface area contributed by atoms with Crippen LogP contribution in [0.2, 0.25) is 0 Å². The molecule has 2 atom stereocenters. The minimum atomic E-state index is -2.94. The Kier molecular flexibility index (Phi) is 5.00. The first kappa shape index (κ1) is 19.7. The average Bonchev–Trinajstić information content (AvgIpc) is 2.59. The van der Waals surface area contributed by atoms with E-state index in [0.29, 0.717) is 5.56 Å². The molecule has 27 heavy (non-hydrogen) atoms. The number of halogens is 3. The van der Waals surface area contributed by atoms with E-state index >= 15 is 0 Å². The zero-order valence-corrected chi connectivity index (χ0v) is 17.4. The van der Waals surface area contributed by atoms with E-state index in [1.54, 1.807) is 19.2 Å². The number of likely N-dealkylation sites (N-methyl/N-ethyl adjacent to an activating group) is 1. The highest BCUT2D eigenvalue weighted by Crippen LogP contribution is 2.44. The second kappa shape index (κ2) is 6.85. The van der Waals surface area contributed by atoms with Crippen LogP contribution < -0.4 is 5.73 Å². The van der Waals surface area contributed by atoms with Crippen molar-refractivity contribution in [2.45, 2.75) is 31.2 Å². The first-order valence-electron chi connectivity index (χ1n) is 8.41. The van der Waals surface area contributed by atoms with E-state index in [4.69, 9.17) is 5.73 Å². The third kappa shape index (κ3) is 3.56. The number of nitrogens with zero attached hydrogens (tertiary/aromatic N) is 2. The number of hydrogen-bond acceptors (Lipinski definition) is 3. The summed E-state index contributed by atoms with van der Waals surface area (Å²) in [7, 11) is 1.57. The summed E-state index contributed by atoms with van der Waals surface area (Å²) in [5.74, 6) is -3.70. The lowest BCUT2D eigenvalue weighted by Crippen LogP contribution is -2.52. The number of carbonyl (C=O) groups excluding carboxylic acids is 1. The molecule has 0 fully saturated rings. The summed E-state index contributed by atoms with van der Waals surface area (Å²) in [6.45, 7) is 2.70. The number of aliphatic imine (C=N–C) groups is 1. The van der Waals surface area contributed by atoms with Crippen molar-refractivity contribution in [3.63, 3.8) is 0 Å². The second-order valence-corrected chi connectivity index (χ2v) is 8.21. The third-order valence-corrected chi connectivity index (χ3v) is 5.66. The summed E-state index contributed by atoms with van der Waals surface area (Å²) in [4.78, 5) is 19.0. The van der Waals surface area contributed by atoms with Crippen LogP contribution in [0.4, 0.5) is 8.78 Å². The lowest BCUT2D eigenvalue weighted by atomic mass is 9.74. The first-order chi connectivity index (χ1) is 12.5. The minimum Gasteiger partial charge on any atom is -0.369 e. The van der Waals surface area contributed by atoms with Crippen molar-refractivity contribution < 1.29 is 13.6 Å². The van der Waals surface area contributed by atoms with Crippen LogP contribution in [-0.2, 0) is 16.3 Å². The molecule has 2 aromatic rings. The van der Waals surface area contributed by atoms with E-state index in [-0.39, 0.29) is 17.4 Å². The van der Waals surface area contributed by atoms with E-state index < -0.39 is 17.4 Å². The van der Waals surface area contributed by atoms with Gasteiger partial charge >= 0.3 is 0 Å². The quantitative estimate of drug-likeness (QED) is 0.666. The van der Waals surface area contributed by atoms with Crippen LogP contribution in [0.1, 0.15) is 36.5 Å². The maximum Gasteiger partial charge on any atom is 0.270 e. The Hall–Kier alpha value is -2.03. The number of hydrogen-bond donors (Lipinski definition) is 1. The summed E-state index contributed by atoms with van der Waals surface area (Å²) < 4.78 is 28.1. The van der Waals surface area contributed by atoms with E-state index in [1.165, 1.54) is 17.0 Å². The predicted octanol–water partition coefficient (Wildman–Crippen LogP) is 4.19. The van der Waals surface area contributed by atoms with Gasteiger partial charge in [0.2, 0.25) is 5.91 Å². The van der Waals surface area contributed by atoms with Crippen molar-refractivity contribution in [2.75, 3.05) is 7.05 Å². The highest BCUT2D eigenvalue weighted by atomic mass is 127. The van der Waals surface area contributed by atoms with Crippen molar-refractivity contribution in [3.05, 3.63) is 68.8 Å². The molecule has 1 aliphatic heterocycles. The molecule has 0 saturated carbocycles. The topological polar surface area (TPSA) is 58.7 Å². The minimum absolute atomic E-state index is 0.0955. The van der Waals surface area contributed by atoms with E-state index in [0.717, 1.165) is 16.1 Å². The molecular formula is C20H20F2IN3O. The smallest absolute Gasteiger partial charge is 0.270 e. The molecule has 0 aliphatic carbocycles. The molecule has 0 saturated heterocycles. The summed E-state index contributed by atoms with van der Waals surface area (Å²) in [5, 5.41) is 0. The number of guanidine groups is 1. The summed E-state index contributed by atoms with van der Waals surface area (Å²) in [6.07, 6.45) is 0. The fraction of sp³-hybridized carbons (Fsp3) is 0.300. The molecule has 1 aliphatic rings. The van der Waals surface area contributed by atoms with Crippen LogP contribution in [0.15, 0.2) is 53.5 Å². The monoisotopic (exact) mass is 483 g/mol. The van der Waals surface area contributed by atoms with Gasteiger partial charge in [-0.25, -0.2) is 13.8 Å². The second-order valence-electron chi connectivity index (χ2n) is 6.97. The molecule has 4 nitrogen and oxygen atoms in total. The maximum atomic E-state index is 13.6. The molecule has 0 unspecified atom stereocenters. The van der Waals surface area contributed by atoms with Crippen molar-refractivity contribution in [1.82, 2.24) is 4.90 Å². The summed E-state index contributed by atoms with van der Waals surface area (Å²) in [5.41, 5.74) is 6.42. The van der Waals surface area contributed by atoms with Gasteiger partial charge in [0.05, 0.1) is 5.92 Å². The van der Waals surface area contributed by atoms with Gasteiger partial charge in [-0.05, 0) is 52.8 Å². The Balaban J connectivity index is 2.16. The Labute approximate surface area is 170 Å². The van der Waals surface area contributed by atoms with Gasteiger partial charge in [-0.15, -0.1) is 0 Å². The van der Waals surface area contributed by atoms with Crippen molar-refractivity contribution in [2.24, 2.45) is 10.7 Å². The number of amides is 1. The third-order valence-electron chi connectivity index (χ3n) is 4.99. The van der Waals surface area contributed by atoms with Gasteiger partial charge in [-0.1, -0.05) is 36.4 Å². The number of alkyl halides is 2. The van der Waals surface area contributed by atoms with Crippen LogP contribution in [-0.4, -0.2) is 23.8 Å². The van der Waals surface area contributed by atoms with Gasteiger partial charge in [0.25, 0.3) is 5.92 Å². The zero-order valence-electron chi connectivity index (χ0n) is 15.2. The van der Waals surface area contributed by atoms with Crippen molar-refractivity contribution in [3.8, 4) is 0 Å².